The first-order valence-corrected chi connectivity index (χ1v) is 7.53. The molecule has 3 rings (SSSR count). The summed E-state index contributed by atoms with van der Waals surface area (Å²) in [5, 5.41) is 3.08. The van der Waals surface area contributed by atoms with Crippen LogP contribution in [0.15, 0.2) is 24.3 Å². The number of rotatable bonds is 2. The van der Waals surface area contributed by atoms with Crippen LogP contribution in [0.4, 0.5) is 10.5 Å². The number of aryl methyl sites for hydroxylation is 1. The molecule has 0 radical (unpaired) electrons. The zero-order chi connectivity index (χ0) is 14.1. The Hall–Kier alpha value is -1.55. The van der Waals surface area contributed by atoms with E-state index in [0.717, 1.165) is 25.2 Å². The van der Waals surface area contributed by atoms with Gasteiger partial charge in [0.15, 0.2) is 0 Å². The number of likely N-dealkylation sites (tertiary alicyclic amines) is 2. The van der Waals surface area contributed by atoms with Crippen LogP contribution in [0.5, 0.6) is 0 Å². The van der Waals surface area contributed by atoms with Gasteiger partial charge in [-0.25, -0.2) is 4.79 Å². The Labute approximate surface area is 120 Å². The van der Waals surface area contributed by atoms with Crippen molar-refractivity contribution in [3.8, 4) is 0 Å². The van der Waals surface area contributed by atoms with Gasteiger partial charge in [0.2, 0.25) is 0 Å². The smallest absolute Gasteiger partial charge is 0.321 e. The first kappa shape index (κ1) is 13.4. The number of likely N-dealkylation sites (N-methyl/N-ethyl adjacent to an activating group) is 1. The Kier molecular flexibility index (Phi) is 3.66. The summed E-state index contributed by atoms with van der Waals surface area (Å²) in [6.45, 7) is 5.04. The van der Waals surface area contributed by atoms with Gasteiger partial charge in [-0.05, 0) is 44.0 Å². The highest BCUT2D eigenvalue weighted by Crippen LogP contribution is 2.30. The number of fused-ring (bicyclic) bond motifs is 1. The Bertz CT molecular complexity index is 502. The second kappa shape index (κ2) is 5.44. The van der Waals surface area contributed by atoms with Crippen molar-refractivity contribution in [2.75, 3.05) is 32.0 Å². The Morgan fingerprint density at radius 3 is 2.90 bits per heavy atom. The number of nitrogens with one attached hydrogen (secondary N) is 1. The predicted molar refractivity (Wildman–Crippen MR) is 80.9 cm³/mol. The number of para-hydroxylation sites is 1. The number of benzene rings is 1. The van der Waals surface area contributed by atoms with E-state index in [2.05, 4.69) is 30.3 Å². The lowest BCUT2D eigenvalue weighted by atomic mass is 10.1. The maximum atomic E-state index is 12.4. The van der Waals surface area contributed by atoms with Crippen LogP contribution in [0.2, 0.25) is 0 Å². The molecule has 2 aliphatic heterocycles. The molecular formula is C16H23N3O. The molecule has 1 aromatic rings. The lowest BCUT2D eigenvalue weighted by molar-refractivity contribution is 0.213. The molecule has 2 aliphatic rings. The first-order chi connectivity index (χ1) is 9.69. The fraction of sp³-hybridized carbons (Fsp3) is 0.562. The summed E-state index contributed by atoms with van der Waals surface area (Å²) >= 11 is 0. The van der Waals surface area contributed by atoms with E-state index < -0.39 is 0 Å². The van der Waals surface area contributed by atoms with Gasteiger partial charge in [0, 0.05) is 24.8 Å². The number of urea groups is 1. The van der Waals surface area contributed by atoms with Crippen molar-refractivity contribution in [3.63, 3.8) is 0 Å². The third kappa shape index (κ3) is 2.40. The average Bonchev–Trinajstić information content (AvgIpc) is 3.02. The molecule has 0 spiro atoms. The van der Waals surface area contributed by atoms with Crippen molar-refractivity contribution >= 4 is 11.7 Å². The maximum absolute atomic E-state index is 12.4. The van der Waals surface area contributed by atoms with Gasteiger partial charge in [0.05, 0.1) is 0 Å². The van der Waals surface area contributed by atoms with Crippen molar-refractivity contribution in [1.29, 1.82) is 0 Å². The molecule has 0 unspecified atom stereocenters. The minimum Gasteiger partial charge on any atom is -0.323 e. The highest BCUT2D eigenvalue weighted by molar-refractivity contribution is 5.90. The fourth-order valence-electron chi connectivity index (χ4n) is 3.48. The van der Waals surface area contributed by atoms with Gasteiger partial charge in [0.1, 0.15) is 0 Å². The first-order valence-electron chi connectivity index (χ1n) is 7.53. The van der Waals surface area contributed by atoms with Crippen LogP contribution in [-0.2, 0) is 6.42 Å². The maximum Gasteiger partial charge on any atom is 0.321 e. The van der Waals surface area contributed by atoms with Gasteiger partial charge in [-0.15, -0.1) is 0 Å². The van der Waals surface area contributed by atoms with Crippen LogP contribution < -0.4 is 5.32 Å². The van der Waals surface area contributed by atoms with Crippen LogP contribution in [0.3, 0.4) is 0 Å². The van der Waals surface area contributed by atoms with E-state index in [9.17, 15) is 4.79 Å². The van der Waals surface area contributed by atoms with Gasteiger partial charge in [-0.3, -0.25) is 0 Å². The molecule has 108 valence electrons. The molecule has 4 nitrogen and oxygen atoms in total. The van der Waals surface area contributed by atoms with E-state index in [-0.39, 0.29) is 6.03 Å². The number of carbonyl (C=O) groups is 1. The summed E-state index contributed by atoms with van der Waals surface area (Å²) < 4.78 is 0. The Morgan fingerprint density at radius 2 is 2.15 bits per heavy atom. The molecular weight excluding hydrogens is 250 g/mol. The van der Waals surface area contributed by atoms with Crippen LogP contribution in [0.1, 0.15) is 18.9 Å². The zero-order valence-corrected chi connectivity index (χ0v) is 12.3. The Morgan fingerprint density at radius 1 is 1.35 bits per heavy atom. The topological polar surface area (TPSA) is 35.6 Å². The van der Waals surface area contributed by atoms with Gasteiger partial charge in [-0.2, -0.15) is 0 Å². The quantitative estimate of drug-likeness (QED) is 0.898. The molecule has 20 heavy (non-hydrogen) atoms. The molecule has 2 saturated heterocycles. The van der Waals surface area contributed by atoms with E-state index in [4.69, 9.17) is 0 Å². The van der Waals surface area contributed by atoms with Gasteiger partial charge < -0.3 is 15.1 Å². The van der Waals surface area contributed by atoms with Crippen LogP contribution in [0.25, 0.3) is 0 Å². The molecule has 0 saturated carbocycles. The third-order valence-electron chi connectivity index (χ3n) is 4.75. The fourth-order valence-corrected chi connectivity index (χ4v) is 3.48. The summed E-state index contributed by atoms with van der Waals surface area (Å²) in [5.41, 5.74) is 2.14. The summed E-state index contributed by atoms with van der Waals surface area (Å²) in [6.07, 6.45) is 2.15. The van der Waals surface area contributed by atoms with Crippen molar-refractivity contribution in [3.05, 3.63) is 29.8 Å². The lowest BCUT2D eigenvalue weighted by Gasteiger charge is -2.21. The summed E-state index contributed by atoms with van der Waals surface area (Å²) in [5.74, 6) is 0.659. The summed E-state index contributed by atoms with van der Waals surface area (Å²) in [6, 6.07) is 8.66. The van der Waals surface area contributed by atoms with Gasteiger partial charge >= 0.3 is 6.03 Å². The highest BCUT2D eigenvalue weighted by Gasteiger charge is 2.41. The standard InChI is InChI=1S/C16H23N3O/c1-3-12-6-4-5-7-14(12)17-16(20)19-10-13-8-9-18(2)15(13)11-19/h4-7,13,15H,3,8-11H2,1-2H3,(H,17,20)/t13-,15+/m0/s1. The highest BCUT2D eigenvalue weighted by atomic mass is 16.2. The summed E-state index contributed by atoms with van der Waals surface area (Å²) in [4.78, 5) is 16.8. The molecule has 4 heteroatoms. The second-order valence-electron chi connectivity index (χ2n) is 5.94. The third-order valence-corrected chi connectivity index (χ3v) is 4.75. The Balaban J connectivity index is 1.66. The van der Waals surface area contributed by atoms with Gasteiger partial charge in [-0.1, -0.05) is 25.1 Å². The minimum atomic E-state index is 0.0497. The van der Waals surface area contributed by atoms with E-state index >= 15 is 0 Å². The van der Waals surface area contributed by atoms with E-state index in [0.29, 0.717) is 12.0 Å². The lowest BCUT2D eigenvalue weighted by Crippen LogP contribution is -2.37. The zero-order valence-electron chi connectivity index (χ0n) is 12.3. The molecule has 2 heterocycles. The number of amides is 2. The molecule has 1 aromatic carbocycles. The van der Waals surface area contributed by atoms with Crippen LogP contribution >= 0.6 is 0 Å². The van der Waals surface area contributed by atoms with E-state index in [1.807, 2.05) is 23.1 Å². The number of anilines is 1. The van der Waals surface area contributed by atoms with Crippen LogP contribution in [-0.4, -0.2) is 48.6 Å². The molecule has 1 N–H and O–H groups in total. The number of hydrogen-bond acceptors (Lipinski definition) is 2. The largest absolute Gasteiger partial charge is 0.323 e. The van der Waals surface area contributed by atoms with Crippen LogP contribution in [0, 0.1) is 5.92 Å². The van der Waals surface area contributed by atoms with Crippen molar-refractivity contribution in [2.45, 2.75) is 25.8 Å². The average molecular weight is 273 g/mol. The molecule has 2 amide bonds. The predicted octanol–water partition coefficient (Wildman–Crippen LogP) is 2.42. The minimum absolute atomic E-state index is 0.0497. The van der Waals surface area contributed by atoms with E-state index in [1.54, 1.807) is 0 Å². The normalized spacial score (nSPS) is 25.8. The summed E-state index contributed by atoms with van der Waals surface area (Å²) in [7, 11) is 2.17. The molecule has 2 atom stereocenters. The number of hydrogen-bond donors (Lipinski definition) is 1. The van der Waals surface area contributed by atoms with E-state index in [1.165, 1.54) is 18.5 Å². The number of carbonyl (C=O) groups excluding carboxylic acids is 1. The second-order valence-corrected chi connectivity index (χ2v) is 5.94. The monoisotopic (exact) mass is 273 g/mol. The number of nitrogens with zero attached hydrogens (tertiary/aromatic N) is 2. The molecule has 0 aliphatic carbocycles. The molecule has 0 bridgehead atoms. The van der Waals surface area contributed by atoms with Crippen molar-refractivity contribution in [2.24, 2.45) is 5.92 Å². The van der Waals surface area contributed by atoms with Crippen molar-refractivity contribution < 1.29 is 4.79 Å². The molecule has 2 fully saturated rings. The molecule has 0 aromatic heterocycles. The van der Waals surface area contributed by atoms with Crippen molar-refractivity contribution in [1.82, 2.24) is 9.80 Å². The SMILES string of the molecule is CCc1ccccc1NC(=O)N1C[C@@H]2CCN(C)[C@@H]2C1. The van der Waals surface area contributed by atoms with Gasteiger partial charge in [0.25, 0.3) is 0 Å².